The molecule has 0 saturated heterocycles. The normalized spacial score (nSPS) is 10.0. The molecular weight excluding hydrogens is 312 g/mol. The average Bonchev–Trinajstić information content (AvgIpc) is 2.30. The molecule has 98 valence electrons. The quantitative estimate of drug-likeness (QED) is 0.764. The van der Waals surface area contributed by atoms with Gasteiger partial charge in [-0.25, -0.2) is 8.78 Å². The molecule has 2 amide bonds. The van der Waals surface area contributed by atoms with E-state index >= 15 is 0 Å². The van der Waals surface area contributed by atoms with E-state index in [1.165, 1.54) is 0 Å². The molecule has 0 saturated carbocycles. The summed E-state index contributed by atoms with van der Waals surface area (Å²) in [6, 6.07) is 1.65. The Morgan fingerprint density at radius 3 is 2.50 bits per heavy atom. The molecule has 0 atom stereocenters. The van der Waals surface area contributed by atoms with Crippen molar-refractivity contribution in [1.29, 1.82) is 0 Å². The number of halogens is 3. The molecule has 1 rings (SSSR count). The first-order chi connectivity index (χ1) is 8.43. The maximum Gasteiger partial charge on any atom is 0.243 e. The van der Waals surface area contributed by atoms with Crippen molar-refractivity contribution in [3.05, 3.63) is 28.2 Å². The lowest BCUT2D eigenvalue weighted by atomic mass is 10.3. The second-order valence-electron chi connectivity index (χ2n) is 3.27. The van der Waals surface area contributed by atoms with Gasteiger partial charge < -0.3 is 16.4 Å². The summed E-state index contributed by atoms with van der Waals surface area (Å²) in [6.07, 6.45) is 0. The summed E-state index contributed by atoms with van der Waals surface area (Å²) >= 11 is 2.92. The summed E-state index contributed by atoms with van der Waals surface area (Å²) in [5.41, 5.74) is 4.83. The molecule has 0 aliphatic heterocycles. The van der Waals surface area contributed by atoms with Crippen molar-refractivity contribution in [1.82, 2.24) is 5.32 Å². The SMILES string of the molecule is NCC(=O)NCC(=O)Nc1c(F)cc(F)cc1Br. The fourth-order valence-electron chi connectivity index (χ4n) is 1.10. The van der Waals surface area contributed by atoms with E-state index in [-0.39, 0.29) is 23.2 Å². The second-order valence-corrected chi connectivity index (χ2v) is 4.13. The maximum absolute atomic E-state index is 13.3. The van der Waals surface area contributed by atoms with E-state index in [0.717, 1.165) is 6.07 Å². The number of anilines is 1. The second kappa shape index (κ2) is 6.41. The molecule has 0 aromatic heterocycles. The van der Waals surface area contributed by atoms with Gasteiger partial charge in [0.25, 0.3) is 0 Å². The van der Waals surface area contributed by atoms with Gasteiger partial charge in [-0.05, 0) is 22.0 Å². The van der Waals surface area contributed by atoms with Crippen LogP contribution in [0.2, 0.25) is 0 Å². The lowest BCUT2D eigenvalue weighted by Gasteiger charge is -2.09. The first-order valence-electron chi connectivity index (χ1n) is 4.85. The third-order valence-electron chi connectivity index (χ3n) is 1.90. The zero-order valence-electron chi connectivity index (χ0n) is 9.10. The minimum absolute atomic E-state index is 0.0681. The van der Waals surface area contributed by atoms with Crippen LogP contribution in [-0.4, -0.2) is 24.9 Å². The monoisotopic (exact) mass is 321 g/mol. The number of nitrogens with one attached hydrogen (secondary N) is 2. The molecule has 0 radical (unpaired) electrons. The van der Waals surface area contributed by atoms with Crippen molar-refractivity contribution < 1.29 is 18.4 Å². The number of carbonyl (C=O) groups is 2. The molecule has 8 heteroatoms. The molecule has 0 unspecified atom stereocenters. The molecule has 0 bridgehead atoms. The third kappa shape index (κ3) is 4.04. The highest BCUT2D eigenvalue weighted by Crippen LogP contribution is 2.26. The smallest absolute Gasteiger partial charge is 0.243 e. The molecule has 0 fully saturated rings. The zero-order valence-corrected chi connectivity index (χ0v) is 10.7. The molecule has 0 aliphatic rings. The lowest BCUT2D eigenvalue weighted by Crippen LogP contribution is -2.36. The average molecular weight is 322 g/mol. The van der Waals surface area contributed by atoms with Crippen LogP contribution in [0.5, 0.6) is 0 Å². The van der Waals surface area contributed by atoms with Crippen LogP contribution in [0.25, 0.3) is 0 Å². The van der Waals surface area contributed by atoms with E-state index in [9.17, 15) is 18.4 Å². The van der Waals surface area contributed by atoms with E-state index in [0.29, 0.717) is 6.07 Å². The fraction of sp³-hybridized carbons (Fsp3) is 0.200. The summed E-state index contributed by atoms with van der Waals surface area (Å²) in [4.78, 5) is 22.2. The van der Waals surface area contributed by atoms with Gasteiger partial charge in [0.15, 0.2) is 5.82 Å². The number of hydrogen-bond donors (Lipinski definition) is 3. The third-order valence-corrected chi connectivity index (χ3v) is 2.53. The highest BCUT2D eigenvalue weighted by Gasteiger charge is 2.13. The Morgan fingerprint density at radius 2 is 1.94 bits per heavy atom. The predicted octanol–water partition coefficient (Wildman–Crippen LogP) is 0.741. The van der Waals surface area contributed by atoms with Crippen LogP contribution in [0.4, 0.5) is 14.5 Å². The molecule has 1 aromatic rings. The van der Waals surface area contributed by atoms with Crippen LogP contribution < -0.4 is 16.4 Å². The summed E-state index contributed by atoms with van der Waals surface area (Å²) < 4.78 is 26.2. The van der Waals surface area contributed by atoms with E-state index in [2.05, 4.69) is 26.6 Å². The van der Waals surface area contributed by atoms with Gasteiger partial charge in [0.2, 0.25) is 11.8 Å². The first-order valence-corrected chi connectivity index (χ1v) is 5.64. The van der Waals surface area contributed by atoms with Crippen molar-refractivity contribution in [2.75, 3.05) is 18.4 Å². The van der Waals surface area contributed by atoms with E-state index in [4.69, 9.17) is 5.73 Å². The number of carbonyl (C=O) groups excluding carboxylic acids is 2. The van der Waals surface area contributed by atoms with Gasteiger partial charge in [0.05, 0.1) is 18.8 Å². The van der Waals surface area contributed by atoms with E-state index in [1.54, 1.807) is 0 Å². The van der Waals surface area contributed by atoms with Crippen LogP contribution in [0.15, 0.2) is 16.6 Å². The summed E-state index contributed by atoms with van der Waals surface area (Å²) in [6.45, 7) is -0.596. The maximum atomic E-state index is 13.3. The Bertz CT molecular complexity index is 459. The Kier molecular flexibility index (Phi) is 5.17. The summed E-state index contributed by atoms with van der Waals surface area (Å²) in [5, 5.41) is 4.42. The van der Waals surface area contributed by atoms with Gasteiger partial charge in [-0.15, -0.1) is 0 Å². The topological polar surface area (TPSA) is 84.2 Å². The van der Waals surface area contributed by atoms with Gasteiger partial charge in [-0.2, -0.15) is 0 Å². The summed E-state index contributed by atoms with van der Waals surface area (Å²) in [5.74, 6) is -2.85. The van der Waals surface area contributed by atoms with Crippen LogP contribution in [0.3, 0.4) is 0 Å². The molecular formula is C10H10BrF2N3O2. The standard InChI is InChI=1S/C10H10BrF2N3O2/c11-6-1-5(12)2-7(13)10(6)16-9(18)4-15-8(17)3-14/h1-2H,3-4,14H2,(H,15,17)(H,16,18). The van der Waals surface area contributed by atoms with Crippen molar-refractivity contribution in [3.8, 4) is 0 Å². The van der Waals surface area contributed by atoms with Gasteiger partial charge in [-0.3, -0.25) is 9.59 Å². The Balaban J connectivity index is 2.68. The minimum atomic E-state index is -0.916. The Morgan fingerprint density at radius 1 is 1.28 bits per heavy atom. The number of hydrogen-bond acceptors (Lipinski definition) is 3. The van der Waals surface area contributed by atoms with E-state index in [1.807, 2.05) is 0 Å². The molecule has 1 aromatic carbocycles. The number of nitrogens with two attached hydrogens (primary N) is 1. The Hall–Kier alpha value is -1.54. The van der Waals surface area contributed by atoms with Crippen LogP contribution >= 0.6 is 15.9 Å². The predicted molar refractivity (Wildman–Crippen MR) is 64.8 cm³/mol. The number of amides is 2. The lowest BCUT2D eigenvalue weighted by molar-refractivity contribution is -0.123. The fourth-order valence-corrected chi connectivity index (χ4v) is 1.60. The van der Waals surface area contributed by atoms with Crippen molar-refractivity contribution in [2.45, 2.75) is 0 Å². The molecule has 4 N–H and O–H groups in total. The number of benzene rings is 1. The largest absolute Gasteiger partial charge is 0.346 e. The van der Waals surface area contributed by atoms with Crippen LogP contribution in [0, 0.1) is 11.6 Å². The van der Waals surface area contributed by atoms with E-state index < -0.39 is 23.4 Å². The van der Waals surface area contributed by atoms with Crippen molar-refractivity contribution in [2.24, 2.45) is 5.73 Å². The molecule has 5 nitrogen and oxygen atoms in total. The molecule has 18 heavy (non-hydrogen) atoms. The highest BCUT2D eigenvalue weighted by atomic mass is 79.9. The van der Waals surface area contributed by atoms with Gasteiger partial charge in [0.1, 0.15) is 5.82 Å². The highest BCUT2D eigenvalue weighted by molar-refractivity contribution is 9.10. The number of rotatable bonds is 4. The van der Waals surface area contributed by atoms with Crippen molar-refractivity contribution >= 4 is 33.4 Å². The van der Waals surface area contributed by atoms with Crippen LogP contribution in [0.1, 0.15) is 0 Å². The van der Waals surface area contributed by atoms with Gasteiger partial charge in [-0.1, -0.05) is 0 Å². The van der Waals surface area contributed by atoms with Gasteiger partial charge >= 0.3 is 0 Å². The minimum Gasteiger partial charge on any atom is -0.346 e. The van der Waals surface area contributed by atoms with Gasteiger partial charge in [0, 0.05) is 10.5 Å². The van der Waals surface area contributed by atoms with Crippen LogP contribution in [-0.2, 0) is 9.59 Å². The summed E-state index contributed by atoms with van der Waals surface area (Å²) in [7, 11) is 0. The van der Waals surface area contributed by atoms with Crippen molar-refractivity contribution in [3.63, 3.8) is 0 Å². The molecule has 0 heterocycles. The Labute approximate surface area is 110 Å². The molecule has 0 spiro atoms. The molecule has 0 aliphatic carbocycles. The zero-order chi connectivity index (χ0) is 13.7. The first kappa shape index (κ1) is 14.5.